The fourth-order valence-corrected chi connectivity index (χ4v) is 3.02. The summed E-state index contributed by atoms with van der Waals surface area (Å²) < 4.78 is 16.4. The molecule has 25 heavy (non-hydrogen) atoms. The van der Waals surface area contributed by atoms with E-state index in [1.807, 2.05) is 42.6 Å². The van der Waals surface area contributed by atoms with E-state index in [1.54, 1.807) is 7.11 Å². The van der Waals surface area contributed by atoms with Gasteiger partial charge in [-0.25, -0.2) is 4.98 Å². The second kappa shape index (κ2) is 8.83. The summed E-state index contributed by atoms with van der Waals surface area (Å²) in [6.45, 7) is 4.83. The average Bonchev–Trinajstić information content (AvgIpc) is 2.68. The van der Waals surface area contributed by atoms with E-state index in [0.29, 0.717) is 23.6 Å². The molecule has 3 rings (SSSR count). The molecule has 0 radical (unpaired) electrons. The number of hydrogen-bond donors (Lipinski definition) is 1. The van der Waals surface area contributed by atoms with E-state index in [4.69, 9.17) is 14.2 Å². The van der Waals surface area contributed by atoms with Crippen LogP contribution in [0, 0.1) is 5.92 Å². The molecule has 1 aromatic carbocycles. The number of nitrogens with zero attached hydrogens (tertiary/aromatic N) is 1. The summed E-state index contributed by atoms with van der Waals surface area (Å²) in [7, 11) is 1.64. The number of pyridine rings is 1. The SMILES string of the molecule is COc1cccc(Oc2ccc(CN[C@@H](C)C3CCOCC3)cn2)c1. The number of aromatic nitrogens is 1. The fourth-order valence-electron chi connectivity index (χ4n) is 3.02. The molecule has 1 fully saturated rings. The van der Waals surface area contributed by atoms with Gasteiger partial charge in [-0.05, 0) is 43.4 Å². The first kappa shape index (κ1) is 17.7. The van der Waals surface area contributed by atoms with Crippen LogP contribution in [0.1, 0.15) is 25.3 Å². The summed E-state index contributed by atoms with van der Waals surface area (Å²) in [5.41, 5.74) is 1.15. The van der Waals surface area contributed by atoms with Crippen molar-refractivity contribution in [3.05, 3.63) is 48.2 Å². The van der Waals surface area contributed by atoms with Crippen molar-refractivity contribution >= 4 is 0 Å². The molecule has 0 spiro atoms. The zero-order valence-electron chi connectivity index (χ0n) is 14.9. The van der Waals surface area contributed by atoms with Gasteiger partial charge in [-0.15, -0.1) is 0 Å². The third kappa shape index (κ3) is 5.18. The molecule has 0 amide bonds. The van der Waals surface area contributed by atoms with Crippen LogP contribution < -0.4 is 14.8 Å². The Morgan fingerprint density at radius 1 is 1.20 bits per heavy atom. The summed E-state index contributed by atoms with van der Waals surface area (Å²) in [5, 5.41) is 3.60. The Balaban J connectivity index is 1.51. The largest absolute Gasteiger partial charge is 0.497 e. The number of methoxy groups -OCH3 is 1. The number of benzene rings is 1. The van der Waals surface area contributed by atoms with Crippen LogP contribution >= 0.6 is 0 Å². The monoisotopic (exact) mass is 342 g/mol. The van der Waals surface area contributed by atoms with Gasteiger partial charge >= 0.3 is 0 Å². The molecule has 2 heterocycles. The number of hydrogen-bond acceptors (Lipinski definition) is 5. The van der Waals surface area contributed by atoms with Crippen molar-refractivity contribution in [1.82, 2.24) is 10.3 Å². The molecule has 134 valence electrons. The Kier molecular flexibility index (Phi) is 6.25. The van der Waals surface area contributed by atoms with Crippen molar-refractivity contribution in [2.45, 2.75) is 32.4 Å². The molecule has 1 saturated heterocycles. The first-order valence-corrected chi connectivity index (χ1v) is 8.82. The van der Waals surface area contributed by atoms with Crippen LogP contribution in [-0.4, -0.2) is 31.3 Å². The number of ether oxygens (including phenoxy) is 3. The molecule has 5 heteroatoms. The van der Waals surface area contributed by atoms with Crippen molar-refractivity contribution < 1.29 is 14.2 Å². The van der Waals surface area contributed by atoms with E-state index < -0.39 is 0 Å². The van der Waals surface area contributed by atoms with Crippen molar-refractivity contribution in [2.24, 2.45) is 5.92 Å². The molecule has 1 atom stereocenters. The Bertz CT molecular complexity index is 654. The standard InChI is InChI=1S/C20H26N2O3/c1-15(17-8-10-24-11-9-17)21-13-16-6-7-20(22-14-16)25-19-5-3-4-18(12-19)23-2/h3-7,12,14-15,17,21H,8-11,13H2,1-2H3/t15-/m0/s1. The lowest BCUT2D eigenvalue weighted by Crippen LogP contribution is -2.36. The van der Waals surface area contributed by atoms with Gasteiger partial charge in [-0.1, -0.05) is 12.1 Å². The maximum absolute atomic E-state index is 5.77. The smallest absolute Gasteiger partial charge is 0.219 e. The van der Waals surface area contributed by atoms with Crippen molar-refractivity contribution in [2.75, 3.05) is 20.3 Å². The quantitative estimate of drug-likeness (QED) is 0.830. The van der Waals surface area contributed by atoms with E-state index in [1.165, 1.54) is 0 Å². The molecule has 1 aliphatic heterocycles. The molecule has 2 aromatic rings. The summed E-state index contributed by atoms with van der Waals surface area (Å²) in [6, 6.07) is 11.9. The molecule has 0 bridgehead atoms. The van der Waals surface area contributed by atoms with Crippen LogP contribution in [0.3, 0.4) is 0 Å². The molecular weight excluding hydrogens is 316 g/mol. The van der Waals surface area contributed by atoms with Crippen molar-refractivity contribution in [1.29, 1.82) is 0 Å². The Labute approximate surface area is 149 Å². The second-order valence-corrected chi connectivity index (χ2v) is 6.41. The van der Waals surface area contributed by atoms with Gasteiger partial charge in [0.1, 0.15) is 11.5 Å². The van der Waals surface area contributed by atoms with Gasteiger partial charge in [-0.3, -0.25) is 0 Å². The van der Waals surface area contributed by atoms with Crippen LogP contribution in [0.15, 0.2) is 42.6 Å². The molecule has 5 nitrogen and oxygen atoms in total. The molecule has 1 aromatic heterocycles. The molecular formula is C20H26N2O3. The van der Waals surface area contributed by atoms with E-state index in [2.05, 4.69) is 17.2 Å². The molecule has 0 unspecified atom stereocenters. The molecule has 1 N–H and O–H groups in total. The minimum absolute atomic E-state index is 0.483. The maximum atomic E-state index is 5.77. The van der Waals surface area contributed by atoms with E-state index in [9.17, 15) is 0 Å². The summed E-state index contributed by atoms with van der Waals surface area (Å²) in [6.07, 6.45) is 4.14. The zero-order valence-corrected chi connectivity index (χ0v) is 14.9. The van der Waals surface area contributed by atoms with Crippen molar-refractivity contribution in [3.8, 4) is 17.4 Å². The molecule has 0 saturated carbocycles. The maximum Gasteiger partial charge on any atom is 0.219 e. The van der Waals surface area contributed by atoms with E-state index in [0.717, 1.165) is 43.9 Å². The Morgan fingerprint density at radius 3 is 2.72 bits per heavy atom. The van der Waals surface area contributed by atoms with Gasteiger partial charge in [0, 0.05) is 44.1 Å². The van der Waals surface area contributed by atoms with Crippen LogP contribution in [0.25, 0.3) is 0 Å². The van der Waals surface area contributed by atoms with Crippen LogP contribution in [0.5, 0.6) is 17.4 Å². The normalized spacial score (nSPS) is 16.4. The minimum Gasteiger partial charge on any atom is -0.497 e. The highest BCUT2D eigenvalue weighted by atomic mass is 16.5. The minimum atomic E-state index is 0.483. The van der Waals surface area contributed by atoms with Crippen LogP contribution in [0.2, 0.25) is 0 Å². The average molecular weight is 342 g/mol. The van der Waals surface area contributed by atoms with Gasteiger partial charge in [0.05, 0.1) is 7.11 Å². The first-order chi connectivity index (χ1) is 12.2. The summed E-state index contributed by atoms with van der Waals surface area (Å²) in [4.78, 5) is 4.40. The lowest BCUT2D eigenvalue weighted by molar-refractivity contribution is 0.0558. The highest BCUT2D eigenvalue weighted by Crippen LogP contribution is 2.24. The summed E-state index contributed by atoms with van der Waals surface area (Å²) >= 11 is 0. The lowest BCUT2D eigenvalue weighted by atomic mass is 9.93. The molecule has 1 aliphatic rings. The fraction of sp³-hybridized carbons (Fsp3) is 0.450. The van der Waals surface area contributed by atoms with Crippen LogP contribution in [0.4, 0.5) is 0 Å². The second-order valence-electron chi connectivity index (χ2n) is 6.41. The van der Waals surface area contributed by atoms with Gasteiger partial charge in [0.2, 0.25) is 5.88 Å². The Hall–Kier alpha value is -2.11. The predicted octanol–water partition coefficient (Wildman–Crippen LogP) is 3.79. The molecule has 0 aliphatic carbocycles. The Morgan fingerprint density at radius 2 is 2.00 bits per heavy atom. The predicted molar refractivity (Wildman–Crippen MR) is 97.1 cm³/mol. The highest BCUT2D eigenvalue weighted by molar-refractivity contribution is 5.35. The third-order valence-corrected chi connectivity index (χ3v) is 4.66. The first-order valence-electron chi connectivity index (χ1n) is 8.82. The number of rotatable bonds is 7. The van der Waals surface area contributed by atoms with E-state index in [-0.39, 0.29) is 0 Å². The van der Waals surface area contributed by atoms with Crippen LogP contribution in [-0.2, 0) is 11.3 Å². The highest BCUT2D eigenvalue weighted by Gasteiger charge is 2.19. The third-order valence-electron chi connectivity index (χ3n) is 4.66. The van der Waals surface area contributed by atoms with Crippen molar-refractivity contribution in [3.63, 3.8) is 0 Å². The topological polar surface area (TPSA) is 52.6 Å². The van der Waals surface area contributed by atoms with Gasteiger partial charge in [-0.2, -0.15) is 0 Å². The van der Waals surface area contributed by atoms with E-state index >= 15 is 0 Å². The summed E-state index contributed by atoms with van der Waals surface area (Å²) in [5.74, 6) is 2.75. The van der Waals surface area contributed by atoms with Gasteiger partial charge < -0.3 is 19.5 Å². The van der Waals surface area contributed by atoms with Gasteiger partial charge in [0.25, 0.3) is 0 Å². The number of nitrogens with one attached hydrogen (secondary N) is 1. The lowest BCUT2D eigenvalue weighted by Gasteiger charge is -2.28. The zero-order chi connectivity index (χ0) is 17.5. The van der Waals surface area contributed by atoms with Gasteiger partial charge in [0.15, 0.2) is 0 Å².